The highest BCUT2D eigenvalue weighted by Gasteiger charge is 2.05. The van der Waals surface area contributed by atoms with Crippen LogP contribution in [0.2, 0.25) is 0 Å². The molecule has 52 valence electrons. The highest BCUT2D eigenvalue weighted by molar-refractivity contribution is 8.11. The fraction of sp³-hybridized carbons (Fsp3) is 0.500. The first-order chi connectivity index (χ1) is 4.04. The van der Waals surface area contributed by atoms with Crippen molar-refractivity contribution >= 4 is 23.1 Å². The Hall–Kier alpha value is -0.710. The summed E-state index contributed by atoms with van der Waals surface area (Å²) >= 11 is 0.782. The number of carbonyl (C=O) groups is 2. The molecule has 0 aromatic heterocycles. The summed E-state index contributed by atoms with van der Waals surface area (Å²) in [5.41, 5.74) is 4.80. The van der Waals surface area contributed by atoms with E-state index in [2.05, 4.69) is 0 Å². The van der Waals surface area contributed by atoms with Crippen LogP contribution >= 0.6 is 11.9 Å². The summed E-state index contributed by atoms with van der Waals surface area (Å²) in [6.45, 7) is 1.37. The van der Waals surface area contributed by atoms with Gasteiger partial charge >= 0.3 is 6.03 Å². The lowest BCUT2D eigenvalue weighted by Gasteiger charge is -2.08. The zero-order valence-electron chi connectivity index (χ0n) is 5.25. The van der Waals surface area contributed by atoms with Crippen LogP contribution in [0.15, 0.2) is 0 Å². The molecule has 0 rings (SSSR count). The van der Waals surface area contributed by atoms with Gasteiger partial charge in [0, 0.05) is 25.9 Å². The van der Waals surface area contributed by atoms with E-state index < -0.39 is 6.03 Å². The lowest BCUT2D eigenvalue weighted by atomic mass is 10.9. The SMILES string of the molecule is CC(=O)SN(C)C(N)=O. The fourth-order valence-corrected chi connectivity index (χ4v) is 0.713. The Morgan fingerprint density at radius 2 is 2.00 bits per heavy atom. The number of nitrogens with zero attached hydrogens (tertiary/aromatic N) is 1. The largest absolute Gasteiger partial charge is 0.351 e. The first-order valence-electron chi connectivity index (χ1n) is 2.25. The van der Waals surface area contributed by atoms with Crippen LogP contribution in [-0.2, 0) is 4.79 Å². The zero-order valence-corrected chi connectivity index (χ0v) is 6.07. The molecule has 0 unspecified atom stereocenters. The van der Waals surface area contributed by atoms with Crippen LogP contribution in [0.3, 0.4) is 0 Å². The average molecular weight is 148 g/mol. The molecule has 0 aliphatic heterocycles. The third-order valence-electron chi connectivity index (χ3n) is 0.576. The van der Waals surface area contributed by atoms with Crippen molar-refractivity contribution in [2.24, 2.45) is 5.73 Å². The third-order valence-corrected chi connectivity index (χ3v) is 1.29. The maximum absolute atomic E-state index is 10.3. The lowest BCUT2D eigenvalue weighted by Crippen LogP contribution is -2.26. The zero-order chi connectivity index (χ0) is 7.44. The van der Waals surface area contributed by atoms with Gasteiger partial charge < -0.3 is 5.73 Å². The second kappa shape index (κ2) is 3.34. The van der Waals surface area contributed by atoms with E-state index in [1.165, 1.54) is 14.0 Å². The third kappa shape index (κ3) is 3.84. The molecule has 2 N–H and O–H groups in total. The van der Waals surface area contributed by atoms with Crippen LogP contribution in [0.1, 0.15) is 6.92 Å². The summed E-state index contributed by atoms with van der Waals surface area (Å²) in [4.78, 5) is 20.5. The van der Waals surface area contributed by atoms with E-state index in [9.17, 15) is 9.59 Å². The molecule has 0 aromatic carbocycles. The standard InChI is InChI=1S/C4H8N2O2S/c1-3(7)9-6(2)4(5)8/h1-2H3,(H2,5,8). The number of hydrogen-bond acceptors (Lipinski definition) is 3. The number of carbonyl (C=O) groups excluding carboxylic acids is 2. The summed E-state index contributed by atoms with van der Waals surface area (Å²) in [7, 11) is 1.44. The Balaban J connectivity index is 3.63. The Labute approximate surface area is 57.5 Å². The number of amides is 2. The average Bonchev–Trinajstić information content (AvgIpc) is 1.63. The van der Waals surface area contributed by atoms with E-state index >= 15 is 0 Å². The van der Waals surface area contributed by atoms with Gasteiger partial charge in [-0.2, -0.15) is 0 Å². The maximum atomic E-state index is 10.3. The molecule has 0 fully saturated rings. The molecule has 5 heteroatoms. The number of hydrogen-bond donors (Lipinski definition) is 1. The van der Waals surface area contributed by atoms with Gasteiger partial charge in [-0.05, 0) is 0 Å². The molecular formula is C4H8N2O2S. The van der Waals surface area contributed by atoms with Crippen molar-refractivity contribution in [2.75, 3.05) is 7.05 Å². The van der Waals surface area contributed by atoms with Crippen molar-refractivity contribution < 1.29 is 9.59 Å². The lowest BCUT2D eigenvalue weighted by molar-refractivity contribution is -0.109. The topological polar surface area (TPSA) is 63.4 Å². The summed E-state index contributed by atoms with van der Waals surface area (Å²) in [5, 5.41) is -0.156. The predicted molar refractivity (Wildman–Crippen MR) is 35.6 cm³/mol. The van der Waals surface area contributed by atoms with Gasteiger partial charge in [0.25, 0.3) is 0 Å². The van der Waals surface area contributed by atoms with E-state index in [0.717, 1.165) is 16.3 Å². The summed E-state index contributed by atoms with van der Waals surface area (Å²) in [6.07, 6.45) is 0. The van der Waals surface area contributed by atoms with Crippen molar-refractivity contribution in [3.05, 3.63) is 0 Å². The highest BCUT2D eigenvalue weighted by Crippen LogP contribution is 2.05. The number of primary amides is 1. The molecule has 0 atom stereocenters. The predicted octanol–water partition coefficient (Wildman–Crippen LogP) is 0.192. The molecule has 0 heterocycles. The van der Waals surface area contributed by atoms with Crippen LogP contribution in [0.4, 0.5) is 4.79 Å². The van der Waals surface area contributed by atoms with Crippen molar-refractivity contribution in [1.29, 1.82) is 0 Å². The van der Waals surface area contributed by atoms with Gasteiger partial charge in [0.05, 0.1) is 0 Å². The number of nitrogens with two attached hydrogens (primary N) is 1. The van der Waals surface area contributed by atoms with Gasteiger partial charge in [-0.15, -0.1) is 0 Å². The van der Waals surface area contributed by atoms with E-state index in [1.807, 2.05) is 0 Å². The molecule has 4 nitrogen and oxygen atoms in total. The molecule has 9 heavy (non-hydrogen) atoms. The van der Waals surface area contributed by atoms with Gasteiger partial charge in [-0.25, -0.2) is 4.79 Å². The minimum atomic E-state index is -0.616. The van der Waals surface area contributed by atoms with Gasteiger partial charge in [0.2, 0.25) is 5.12 Å². The Bertz CT molecular complexity index is 137. The van der Waals surface area contributed by atoms with Crippen molar-refractivity contribution in [3.8, 4) is 0 Å². The minimum absolute atomic E-state index is 0.156. The monoisotopic (exact) mass is 148 g/mol. The second-order valence-corrected chi connectivity index (χ2v) is 2.72. The van der Waals surface area contributed by atoms with Gasteiger partial charge in [-0.3, -0.25) is 9.10 Å². The summed E-state index contributed by atoms with van der Waals surface area (Å²) < 4.78 is 1.07. The van der Waals surface area contributed by atoms with Crippen LogP contribution in [0.5, 0.6) is 0 Å². The molecule has 0 radical (unpaired) electrons. The molecule has 0 bridgehead atoms. The van der Waals surface area contributed by atoms with Crippen molar-refractivity contribution in [2.45, 2.75) is 6.92 Å². The first-order valence-corrected chi connectivity index (χ1v) is 3.03. The van der Waals surface area contributed by atoms with Crippen molar-refractivity contribution in [1.82, 2.24) is 4.31 Å². The molecule has 2 amide bonds. The number of rotatable bonds is 0. The molecule has 0 saturated carbocycles. The molecular weight excluding hydrogens is 140 g/mol. The summed E-state index contributed by atoms with van der Waals surface area (Å²) in [6, 6.07) is -0.616. The minimum Gasteiger partial charge on any atom is -0.351 e. The second-order valence-electron chi connectivity index (χ2n) is 1.42. The van der Waals surface area contributed by atoms with E-state index in [4.69, 9.17) is 5.73 Å². The van der Waals surface area contributed by atoms with Gasteiger partial charge in [0.15, 0.2) is 0 Å². The molecule has 0 aliphatic carbocycles. The quantitative estimate of drug-likeness (QED) is 0.499. The summed E-state index contributed by atoms with van der Waals surface area (Å²) in [5.74, 6) is 0. The van der Waals surface area contributed by atoms with E-state index in [1.54, 1.807) is 0 Å². The van der Waals surface area contributed by atoms with E-state index in [0.29, 0.717) is 0 Å². The normalized spacial score (nSPS) is 8.67. The molecule has 0 aliphatic rings. The first kappa shape index (κ1) is 8.29. The van der Waals surface area contributed by atoms with Crippen LogP contribution in [0, 0.1) is 0 Å². The Morgan fingerprint density at radius 1 is 1.56 bits per heavy atom. The van der Waals surface area contributed by atoms with E-state index in [-0.39, 0.29) is 5.12 Å². The smallest absolute Gasteiger partial charge is 0.324 e. The Morgan fingerprint density at radius 3 is 2.11 bits per heavy atom. The van der Waals surface area contributed by atoms with Crippen LogP contribution in [0.25, 0.3) is 0 Å². The van der Waals surface area contributed by atoms with Crippen LogP contribution in [-0.4, -0.2) is 22.5 Å². The molecule has 0 aromatic rings. The van der Waals surface area contributed by atoms with Gasteiger partial charge in [-0.1, -0.05) is 0 Å². The number of urea groups is 1. The van der Waals surface area contributed by atoms with Gasteiger partial charge in [0.1, 0.15) is 0 Å². The van der Waals surface area contributed by atoms with Crippen molar-refractivity contribution in [3.63, 3.8) is 0 Å². The van der Waals surface area contributed by atoms with Crippen LogP contribution < -0.4 is 5.73 Å². The maximum Gasteiger partial charge on any atom is 0.324 e. The molecule has 0 saturated heterocycles. The fourth-order valence-electron chi connectivity index (χ4n) is 0.238. The molecule has 0 spiro atoms. The Kier molecular flexibility index (Phi) is 3.08. The highest BCUT2D eigenvalue weighted by atomic mass is 32.2.